The number of aryl methyl sites for hydroxylation is 3. The van der Waals surface area contributed by atoms with Crippen molar-refractivity contribution in [3.8, 4) is 0 Å². The van der Waals surface area contributed by atoms with Crippen molar-refractivity contribution < 1.29 is 4.79 Å². The lowest BCUT2D eigenvalue weighted by Gasteiger charge is -2.08. The standard InChI is InChI=1S/C18H21BrN2O2/c1-13-5-6-15(11-14(13)2)18(23)20-9-3-4-10-21-12-16(19)7-8-17(21)22/h5-8,11-12H,3-4,9-10H2,1-2H3,(H,20,23). The van der Waals surface area contributed by atoms with Crippen molar-refractivity contribution in [1.82, 2.24) is 9.88 Å². The summed E-state index contributed by atoms with van der Waals surface area (Å²) >= 11 is 3.36. The van der Waals surface area contributed by atoms with Crippen LogP contribution in [0.4, 0.5) is 0 Å². The molecule has 2 rings (SSSR count). The summed E-state index contributed by atoms with van der Waals surface area (Å²) in [4.78, 5) is 23.7. The summed E-state index contributed by atoms with van der Waals surface area (Å²) in [5.41, 5.74) is 2.98. The Hall–Kier alpha value is -1.88. The molecular weight excluding hydrogens is 356 g/mol. The fourth-order valence-electron chi connectivity index (χ4n) is 2.27. The summed E-state index contributed by atoms with van der Waals surface area (Å²) in [6, 6.07) is 9.00. The van der Waals surface area contributed by atoms with Gasteiger partial charge in [-0.25, -0.2) is 0 Å². The highest BCUT2D eigenvalue weighted by molar-refractivity contribution is 9.10. The van der Waals surface area contributed by atoms with Gasteiger partial charge in [-0.1, -0.05) is 6.07 Å². The predicted octanol–water partition coefficient (Wildman–Crippen LogP) is 3.44. The molecule has 0 saturated carbocycles. The van der Waals surface area contributed by atoms with E-state index < -0.39 is 0 Å². The Labute approximate surface area is 144 Å². The number of unbranched alkanes of at least 4 members (excludes halogenated alkanes) is 1. The Morgan fingerprint density at radius 1 is 1.13 bits per heavy atom. The average molecular weight is 377 g/mol. The smallest absolute Gasteiger partial charge is 0.251 e. The molecule has 23 heavy (non-hydrogen) atoms. The molecule has 5 heteroatoms. The lowest BCUT2D eigenvalue weighted by atomic mass is 10.1. The molecule has 1 amide bonds. The number of hydrogen-bond acceptors (Lipinski definition) is 2. The van der Waals surface area contributed by atoms with Crippen molar-refractivity contribution in [3.63, 3.8) is 0 Å². The van der Waals surface area contributed by atoms with Crippen molar-refractivity contribution in [1.29, 1.82) is 0 Å². The van der Waals surface area contributed by atoms with Gasteiger partial charge in [-0.05, 0) is 71.9 Å². The molecular formula is C18H21BrN2O2. The monoisotopic (exact) mass is 376 g/mol. The number of nitrogens with zero attached hydrogens (tertiary/aromatic N) is 1. The van der Waals surface area contributed by atoms with Crippen LogP contribution in [0, 0.1) is 13.8 Å². The number of nitrogens with one attached hydrogen (secondary N) is 1. The van der Waals surface area contributed by atoms with Crippen molar-refractivity contribution >= 4 is 21.8 Å². The maximum Gasteiger partial charge on any atom is 0.251 e. The number of pyridine rings is 1. The number of hydrogen-bond donors (Lipinski definition) is 1. The van der Waals surface area contributed by atoms with Gasteiger partial charge in [0.05, 0.1) is 0 Å². The molecule has 0 aliphatic rings. The SMILES string of the molecule is Cc1ccc(C(=O)NCCCCn2cc(Br)ccc2=O)cc1C. The van der Waals surface area contributed by atoms with E-state index in [0.29, 0.717) is 18.7 Å². The molecule has 122 valence electrons. The van der Waals surface area contributed by atoms with Gasteiger partial charge < -0.3 is 9.88 Å². The Balaban J connectivity index is 1.77. The fraction of sp³-hybridized carbons (Fsp3) is 0.333. The maximum absolute atomic E-state index is 12.1. The van der Waals surface area contributed by atoms with E-state index in [1.54, 1.807) is 22.9 Å². The highest BCUT2D eigenvalue weighted by Crippen LogP contribution is 2.09. The highest BCUT2D eigenvalue weighted by atomic mass is 79.9. The first-order valence-electron chi connectivity index (χ1n) is 7.69. The minimum atomic E-state index is -0.0484. The van der Waals surface area contributed by atoms with Crippen molar-refractivity contribution in [2.24, 2.45) is 0 Å². The van der Waals surface area contributed by atoms with Crippen LogP contribution in [0.15, 0.2) is 45.8 Å². The van der Waals surface area contributed by atoms with Gasteiger partial charge in [-0.3, -0.25) is 9.59 Å². The Bertz CT molecular complexity index is 753. The van der Waals surface area contributed by atoms with Crippen molar-refractivity contribution in [3.05, 3.63) is 68.0 Å². The summed E-state index contributed by atoms with van der Waals surface area (Å²) in [6.45, 7) is 5.29. The zero-order valence-electron chi connectivity index (χ0n) is 13.4. The van der Waals surface area contributed by atoms with E-state index in [2.05, 4.69) is 21.2 Å². The van der Waals surface area contributed by atoms with Gasteiger partial charge in [-0.2, -0.15) is 0 Å². The van der Waals surface area contributed by atoms with Crippen LogP contribution >= 0.6 is 15.9 Å². The number of rotatable bonds is 6. The van der Waals surface area contributed by atoms with Gasteiger partial charge in [-0.15, -0.1) is 0 Å². The molecule has 1 heterocycles. The molecule has 1 N–H and O–H groups in total. The van der Waals surface area contributed by atoms with Gasteiger partial charge in [0.2, 0.25) is 0 Å². The molecule has 0 aliphatic heterocycles. The van der Waals surface area contributed by atoms with Gasteiger partial charge in [0.15, 0.2) is 0 Å². The van der Waals surface area contributed by atoms with Gasteiger partial charge in [0, 0.05) is 35.4 Å². The van der Waals surface area contributed by atoms with Crippen LogP contribution in [0.2, 0.25) is 0 Å². The van der Waals surface area contributed by atoms with Crippen LogP contribution in [0.3, 0.4) is 0 Å². The summed E-state index contributed by atoms with van der Waals surface area (Å²) in [5.74, 6) is -0.0484. The molecule has 1 aromatic heterocycles. The molecule has 0 spiro atoms. The normalized spacial score (nSPS) is 10.6. The lowest BCUT2D eigenvalue weighted by molar-refractivity contribution is 0.0953. The number of halogens is 1. The third kappa shape index (κ3) is 5.06. The van der Waals surface area contributed by atoms with E-state index in [0.717, 1.165) is 22.9 Å². The first-order valence-corrected chi connectivity index (χ1v) is 8.48. The number of carbonyl (C=O) groups excluding carboxylic acids is 1. The van der Waals surface area contributed by atoms with Gasteiger partial charge >= 0.3 is 0 Å². The predicted molar refractivity (Wildman–Crippen MR) is 95.9 cm³/mol. The van der Waals surface area contributed by atoms with Crippen molar-refractivity contribution in [2.75, 3.05) is 6.54 Å². The number of benzene rings is 1. The first kappa shape index (κ1) is 17.5. The van der Waals surface area contributed by atoms with Crippen LogP contribution < -0.4 is 10.9 Å². The Kier molecular flexibility index (Phi) is 6.16. The largest absolute Gasteiger partial charge is 0.352 e. The molecule has 0 atom stereocenters. The van der Waals surface area contributed by atoms with E-state index >= 15 is 0 Å². The van der Waals surface area contributed by atoms with E-state index in [-0.39, 0.29) is 11.5 Å². The average Bonchev–Trinajstić information content (AvgIpc) is 2.52. The minimum Gasteiger partial charge on any atom is -0.352 e. The molecule has 0 radical (unpaired) electrons. The summed E-state index contributed by atoms with van der Waals surface area (Å²) in [6.07, 6.45) is 3.45. The molecule has 0 fully saturated rings. The van der Waals surface area contributed by atoms with E-state index in [9.17, 15) is 9.59 Å². The van der Waals surface area contributed by atoms with E-state index in [1.807, 2.05) is 32.0 Å². The molecule has 2 aromatic rings. The van der Waals surface area contributed by atoms with Crippen LogP contribution in [-0.4, -0.2) is 17.0 Å². The number of amides is 1. The third-order valence-electron chi connectivity index (χ3n) is 3.83. The van der Waals surface area contributed by atoms with Crippen molar-refractivity contribution in [2.45, 2.75) is 33.2 Å². The molecule has 4 nitrogen and oxygen atoms in total. The second-order valence-electron chi connectivity index (χ2n) is 5.64. The summed E-state index contributed by atoms with van der Waals surface area (Å²) in [7, 11) is 0. The third-order valence-corrected chi connectivity index (χ3v) is 4.30. The molecule has 0 saturated heterocycles. The second kappa shape index (κ2) is 8.11. The van der Waals surface area contributed by atoms with Crippen LogP contribution in [0.5, 0.6) is 0 Å². The van der Waals surface area contributed by atoms with E-state index in [4.69, 9.17) is 0 Å². The maximum atomic E-state index is 12.1. The molecule has 1 aromatic carbocycles. The van der Waals surface area contributed by atoms with Gasteiger partial charge in [0.1, 0.15) is 0 Å². The van der Waals surface area contributed by atoms with Gasteiger partial charge in [0.25, 0.3) is 11.5 Å². The summed E-state index contributed by atoms with van der Waals surface area (Å²) in [5, 5.41) is 2.92. The summed E-state index contributed by atoms with van der Waals surface area (Å²) < 4.78 is 2.56. The molecule has 0 unspecified atom stereocenters. The van der Waals surface area contributed by atoms with E-state index in [1.165, 1.54) is 5.56 Å². The number of aromatic nitrogens is 1. The zero-order valence-corrected chi connectivity index (χ0v) is 15.0. The Morgan fingerprint density at radius 3 is 2.65 bits per heavy atom. The topological polar surface area (TPSA) is 51.1 Å². The van der Waals surface area contributed by atoms with Crippen LogP contribution in [0.25, 0.3) is 0 Å². The quantitative estimate of drug-likeness (QED) is 0.785. The minimum absolute atomic E-state index is 0.00707. The van der Waals surface area contributed by atoms with Crippen LogP contribution in [-0.2, 0) is 6.54 Å². The highest BCUT2D eigenvalue weighted by Gasteiger charge is 2.05. The van der Waals surface area contributed by atoms with Crippen LogP contribution in [0.1, 0.15) is 34.3 Å². The first-order chi connectivity index (χ1) is 11.0. The lowest BCUT2D eigenvalue weighted by Crippen LogP contribution is -2.25. The zero-order chi connectivity index (χ0) is 16.8. The molecule has 0 bridgehead atoms. The Morgan fingerprint density at radius 2 is 1.91 bits per heavy atom. The molecule has 0 aliphatic carbocycles. The number of carbonyl (C=O) groups is 1. The fourth-order valence-corrected chi connectivity index (χ4v) is 2.65. The second-order valence-corrected chi connectivity index (χ2v) is 6.56.